The summed E-state index contributed by atoms with van der Waals surface area (Å²) < 4.78 is 40.2. The van der Waals surface area contributed by atoms with Gasteiger partial charge in [-0.3, -0.25) is 9.21 Å². The largest absolute Gasteiger partial charge is 0.493 e. The maximum absolute atomic E-state index is 13.6. The van der Waals surface area contributed by atoms with Crippen LogP contribution in [0.4, 0.5) is 5.69 Å². The number of morpholine rings is 1. The second-order valence-corrected chi connectivity index (χ2v) is 10.4. The summed E-state index contributed by atoms with van der Waals surface area (Å²) in [5.74, 6) is 0.691. The zero-order chi connectivity index (χ0) is 23.8. The first-order valence-electron chi connectivity index (χ1n) is 11.4. The van der Waals surface area contributed by atoms with E-state index in [9.17, 15) is 8.42 Å². The van der Waals surface area contributed by atoms with Crippen LogP contribution < -0.4 is 9.04 Å². The fourth-order valence-corrected chi connectivity index (χ4v) is 5.44. The van der Waals surface area contributed by atoms with Crippen LogP contribution in [-0.2, 0) is 21.3 Å². The van der Waals surface area contributed by atoms with Gasteiger partial charge in [0.1, 0.15) is 5.75 Å². The molecule has 0 unspecified atom stereocenters. The molecule has 0 N–H and O–H groups in total. The Labute approximate surface area is 218 Å². The second kappa shape index (κ2) is 13.1. The van der Waals surface area contributed by atoms with E-state index in [1.165, 1.54) is 16.4 Å². The molecule has 3 aromatic carbocycles. The molecular weight excluding hydrogens is 507 g/mol. The number of nitrogens with zero attached hydrogens (tertiary/aromatic N) is 2. The van der Waals surface area contributed by atoms with E-state index in [4.69, 9.17) is 21.1 Å². The lowest BCUT2D eigenvalue weighted by Gasteiger charge is -2.27. The van der Waals surface area contributed by atoms with Crippen molar-refractivity contribution in [3.05, 3.63) is 89.4 Å². The number of para-hydroxylation sites is 2. The zero-order valence-electron chi connectivity index (χ0n) is 19.4. The van der Waals surface area contributed by atoms with Gasteiger partial charge in [0.25, 0.3) is 10.0 Å². The quantitative estimate of drug-likeness (QED) is 0.331. The maximum atomic E-state index is 13.6. The second-order valence-electron chi connectivity index (χ2n) is 8.06. The van der Waals surface area contributed by atoms with Gasteiger partial charge in [-0.15, -0.1) is 12.4 Å². The van der Waals surface area contributed by atoms with Crippen LogP contribution in [0, 0.1) is 0 Å². The van der Waals surface area contributed by atoms with Crippen LogP contribution in [0.1, 0.15) is 12.0 Å². The minimum atomic E-state index is -3.82. The summed E-state index contributed by atoms with van der Waals surface area (Å²) >= 11 is 5.98. The van der Waals surface area contributed by atoms with Crippen molar-refractivity contribution in [1.29, 1.82) is 0 Å². The van der Waals surface area contributed by atoms with E-state index in [-0.39, 0.29) is 23.8 Å². The molecule has 0 bridgehead atoms. The third-order valence-electron chi connectivity index (χ3n) is 5.71. The molecule has 9 heteroatoms. The molecule has 1 aliphatic heterocycles. The lowest BCUT2D eigenvalue weighted by Crippen LogP contribution is -2.37. The van der Waals surface area contributed by atoms with Crippen LogP contribution in [0.3, 0.4) is 0 Å². The van der Waals surface area contributed by atoms with Gasteiger partial charge in [0.2, 0.25) is 0 Å². The molecule has 0 aliphatic carbocycles. The molecule has 0 spiro atoms. The molecule has 0 aromatic heterocycles. The van der Waals surface area contributed by atoms with E-state index < -0.39 is 10.0 Å². The number of sulfonamides is 1. The Morgan fingerprint density at radius 1 is 0.914 bits per heavy atom. The van der Waals surface area contributed by atoms with Gasteiger partial charge in [-0.05, 0) is 48.9 Å². The normalized spacial score (nSPS) is 14.2. The van der Waals surface area contributed by atoms with Crippen molar-refractivity contribution < 1.29 is 17.9 Å². The SMILES string of the molecule is Cl.O=S(=O)(c1ccc(Cl)cc1)N(Cc1ccccc1OCCCN1CCOCC1)c1ccccc1. The van der Waals surface area contributed by atoms with Gasteiger partial charge in [0, 0.05) is 30.2 Å². The Hall–Kier alpha value is -2.29. The van der Waals surface area contributed by atoms with Crippen molar-refractivity contribution in [3.8, 4) is 5.75 Å². The summed E-state index contributed by atoms with van der Waals surface area (Å²) in [5, 5.41) is 0.487. The first-order valence-corrected chi connectivity index (χ1v) is 13.2. The number of hydrogen-bond donors (Lipinski definition) is 0. The van der Waals surface area contributed by atoms with Gasteiger partial charge in [-0.2, -0.15) is 0 Å². The van der Waals surface area contributed by atoms with E-state index in [2.05, 4.69) is 4.90 Å². The summed E-state index contributed by atoms with van der Waals surface area (Å²) in [6, 6.07) is 22.9. The lowest BCUT2D eigenvalue weighted by molar-refractivity contribution is 0.0358. The van der Waals surface area contributed by atoms with Gasteiger partial charge in [0.15, 0.2) is 0 Å². The number of anilines is 1. The molecule has 0 saturated carbocycles. The molecule has 3 aromatic rings. The standard InChI is InChI=1S/C26H29ClN2O4S.ClH/c27-23-11-13-25(14-12-23)34(30,31)29(24-8-2-1-3-9-24)21-22-7-4-5-10-26(22)33-18-6-15-28-16-19-32-20-17-28;/h1-5,7-14H,6,15-21H2;1H. The van der Waals surface area contributed by atoms with Crippen LogP contribution in [0.5, 0.6) is 5.75 Å². The Morgan fingerprint density at radius 2 is 1.57 bits per heavy atom. The third kappa shape index (κ3) is 7.35. The van der Waals surface area contributed by atoms with Crippen LogP contribution in [0.25, 0.3) is 0 Å². The smallest absolute Gasteiger partial charge is 0.264 e. The van der Waals surface area contributed by atoms with Crippen molar-refractivity contribution in [3.63, 3.8) is 0 Å². The van der Waals surface area contributed by atoms with Crippen molar-refractivity contribution >= 4 is 39.7 Å². The summed E-state index contributed by atoms with van der Waals surface area (Å²) in [6.07, 6.45) is 0.889. The molecule has 6 nitrogen and oxygen atoms in total. The molecule has 35 heavy (non-hydrogen) atoms. The van der Waals surface area contributed by atoms with Gasteiger partial charge in [-0.25, -0.2) is 8.42 Å². The van der Waals surface area contributed by atoms with E-state index in [0.29, 0.717) is 23.1 Å². The molecule has 188 valence electrons. The first kappa shape index (κ1) is 27.3. The Bertz CT molecular complexity index is 1160. The van der Waals surface area contributed by atoms with Crippen LogP contribution >= 0.6 is 24.0 Å². The van der Waals surface area contributed by atoms with Crippen LogP contribution in [0.15, 0.2) is 83.8 Å². The number of halogens is 2. The number of hydrogen-bond acceptors (Lipinski definition) is 5. The molecule has 0 radical (unpaired) electrons. The van der Waals surface area contributed by atoms with E-state index in [0.717, 1.165) is 44.8 Å². The monoisotopic (exact) mass is 536 g/mol. The molecule has 1 aliphatic rings. The predicted molar refractivity (Wildman–Crippen MR) is 142 cm³/mol. The number of rotatable bonds is 10. The molecule has 0 amide bonds. The lowest BCUT2D eigenvalue weighted by atomic mass is 10.2. The first-order chi connectivity index (χ1) is 16.5. The Balaban J connectivity index is 0.00000342. The van der Waals surface area contributed by atoms with Crippen LogP contribution in [-0.4, -0.2) is 52.8 Å². The topological polar surface area (TPSA) is 59.1 Å². The number of ether oxygens (including phenoxy) is 2. The van der Waals surface area contributed by atoms with Crippen molar-refractivity contribution in [2.45, 2.75) is 17.9 Å². The van der Waals surface area contributed by atoms with E-state index in [1.807, 2.05) is 42.5 Å². The molecular formula is C26H30Cl2N2O4S. The zero-order valence-corrected chi connectivity index (χ0v) is 21.8. The third-order valence-corrected chi connectivity index (χ3v) is 7.75. The minimum absolute atomic E-state index is 0. The van der Waals surface area contributed by atoms with Crippen molar-refractivity contribution in [2.24, 2.45) is 0 Å². The highest BCUT2D eigenvalue weighted by Crippen LogP contribution is 2.29. The molecule has 1 fully saturated rings. The van der Waals surface area contributed by atoms with Gasteiger partial charge in [0.05, 0.1) is 36.9 Å². The highest BCUT2D eigenvalue weighted by atomic mass is 35.5. The molecule has 4 rings (SSSR count). The summed E-state index contributed by atoms with van der Waals surface area (Å²) in [5.41, 5.74) is 1.38. The highest BCUT2D eigenvalue weighted by molar-refractivity contribution is 7.92. The molecule has 1 heterocycles. The average molecular weight is 538 g/mol. The number of benzene rings is 3. The molecule has 0 atom stereocenters. The summed E-state index contributed by atoms with van der Waals surface area (Å²) in [6.45, 7) is 5.11. The van der Waals surface area contributed by atoms with Gasteiger partial charge in [-0.1, -0.05) is 48.0 Å². The fraction of sp³-hybridized carbons (Fsp3) is 0.308. The Kier molecular flexibility index (Phi) is 10.2. The predicted octanol–water partition coefficient (Wildman–Crippen LogP) is 5.26. The van der Waals surface area contributed by atoms with Crippen molar-refractivity contribution in [2.75, 3.05) is 43.8 Å². The Morgan fingerprint density at radius 3 is 2.29 bits per heavy atom. The highest BCUT2D eigenvalue weighted by Gasteiger charge is 2.26. The summed E-state index contributed by atoms with van der Waals surface area (Å²) in [7, 11) is -3.82. The van der Waals surface area contributed by atoms with E-state index in [1.54, 1.807) is 24.3 Å². The molecule has 1 saturated heterocycles. The fourth-order valence-electron chi connectivity index (χ4n) is 3.87. The van der Waals surface area contributed by atoms with E-state index >= 15 is 0 Å². The summed E-state index contributed by atoms with van der Waals surface area (Å²) in [4.78, 5) is 2.55. The maximum Gasteiger partial charge on any atom is 0.264 e. The van der Waals surface area contributed by atoms with Crippen LogP contribution in [0.2, 0.25) is 5.02 Å². The van der Waals surface area contributed by atoms with Gasteiger partial charge < -0.3 is 9.47 Å². The minimum Gasteiger partial charge on any atom is -0.493 e. The van der Waals surface area contributed by atoms with Crippen molar-refractivity contribution in [1.82, 2.24) is 4.90 Å². The van der Waals surface area contributed by atoms with Gasteiger partial charge >= 0.3 is 0 Å². The average Bonchev–Trinajstić information content (AvgIpc) is 2.87.